The molecule has 0 fully saturated rings. The normalized spacial score (nSPS) is 10.0. The van der Waals surface area contributed by atoms with E-state index in [1.807, 2.05) is 6.92 Å². The van der Waals surface area contributed by atoms with Crippen LogP contribution in [0, 0.1) is 0 Å². The van der Waals surface area contributed by atoms with Gasteiger partial charge in [0.25, 0.3) is 5.91 Å². The lowest BCUT2D eigenvalue weighted by Crippen LogP contribution is -2.35. The van der Waals surface area contributed by atoms with Crippen molar-refractivity contribution in [3.05, 3.63) is 5.56 Å². The van der Waals surface area contributed by atoms with Gasteiger partial charge in [0.05, 0.1) is 6.54 Å². The number of nitrogens with two attached hydrogens (primary N) is 2. The van der Waals surface area contributed by atoms with Crippen LogP contribution in [-0.4, -0.2) is 36.3 Å². The van der Waals surface area contributed by atoms with Gasteiger partial charge in [-0.05, 0) is 18.5 Å². The highest BCUT2D eigenvalue weighted by Gasteiger charge is 2.20. The molecule has 1 heterocycles. The van der Waals surface area contributed by atoms with E-state index in [4.69, 9.17) is 11.5 Å². The molecule has 0 unspecified atom stereocenters. The van der Waals surface area contributed by atoms with Gasteiger partial charge >= 0.3 is 0 Å². The summed E-state index contributed by atoms with van der Waals surface area (Å²) in [6.07, 6.45) is 0. The highest BCUT2D eigenvalue weighted by atomic mass is 32.1. The van der Waals surface area contributed by atoms with E-state index in [1.165, 1.54) is 0 Å². The van der Waals surface area contributed by atoms with E-state index < -0.39 is 5.91 Å². The first kappa shape index (κ1) is 13.2. The fourth-order valence-corrected chi connectivity index (χ4v) is 2.10. The van der Waals surface area contributed by atoms with E-state index >= 15 is 0 Å². The highest BCUT2D eigenvalue weighted by molar-refractivity contribution is 7.11. The number of likely N-dealkylation sites (N-methyl/N-ethyl adjacent to an activating group) is 2. The Kier molecular flexibility index (Phi) is 4.27. The number of hydrogen-bond donors (Lipinski definition) is 3. The molecular weight excluding hydrogens is 242 g/mol. The van der Waals surface area contributed by atoms with Crippen molar-refractivity contribution >= 4 is 34.2 Å². The smallest absolute Gasteiger partial charge is 0.255 e. The van der Waals surface area contributed by atoms with Gasteiger partial charge in [-0.1, -0.05) is 0 Å². The molecule has 17 heavy (non-hydrogen) atoms. The molecule has 0 radical (unpaired) electrons. The second kappa shape index (κ2) is 5.48. The molecule has 1 rings (SSSR count). The Labute approximate surface area is 103 Å². The zero-order valence-corrected chi connectivity index (χ0v) is 10.5. The van der Waals surface area contributed by atoms with Crippen LogP contribution in [0.2, 0.25) is 0 Å². The molecule has 1 aromatic heterocycles. The van der Waals surface area contributed by atoms with Crippen molar-refractivity contribution in [3.8, 4) is 0 Å². The summed E-state index contributed by atoms with van der Waals surface area (Å²) < 4.78 is 3.86. The maximum atomic E-state index is 11.4. The topological polar surface area (TPSA) is 114 Å². The average Bonchev–Trinajstić information content (AvgIpc) is 2.60. The maximum Gasteiger partial charge on any atom is 0.255 e. The van der Waals surface area contributed by atoms with Gasteiger partial charge in [-0.3, -0.25) is 9.59 Å². The Morgan fingerprint density at radius 1 is 1.53 bits per heavy atom. The van der Waals surface area contributed by atoms with E-state index in [9.17, 15) is 9.59 Å². The van der Waals surface area contributed by atoms with Crippen LogP contribution in [0.4, 0.5) is 10.8 Å². The third kappa shape index (κ3) is 3.06. The number of anilines is 2. The lowest BCUT2D eigenvalue weighted by atomic mass is 10.3. The molecule has 0 bridgehead atoms. The minimum atomic E-state index is -0.644. The fraction of sp³-hybridized carbons (Fsp3) is 0.444. The van der Waals surface area contributed by atoms with Crippen molar-refractivity contribution in [1.82, 2.24) is 9.69 Å². The highest BCUT2D eigenvalue weighted by Crippen LogP contribution is 2.28. The van der Waals surface area contributed by atoms with Gasteiger partial charge in [-0.15, -0.1) is 0 Å². The first-order valence-corrected chi connectivity index (χ1v) is 5.77. The summed E-state index contributed by atoms with van der Waals surface area (Å²) in [6.45, 7) is 2.51. The molecule has 94 valence electrons. The number of aromatic nitrogens is 1. The third-order valence-corrected chi connectivity index (χ3v) is 3.03. The maximum absolute atomic E-state index is 11.4. The second-order valence-electron chi connectivity index (χ2n) is 3.42. The zero-order chi connectivity index (χ0) is 13.0. The van der Waals surface area contributed by atoms with Gasteiger partial charge < -0.3 is 21.7 Å². The zero-order valence-electron chi connectivity index (χ0n) is 9.69. The summed E-state index contributed by atoms with van der Waals surface area (Å²) in [5.74, 6) is -0.688. The molecule has 0 saturated carbocycles. The van der Waals surface area contributed by atoms with E-state index in [0.29, 0.717) is 11.5 Å². The number of carbonyl (C=O) groups is 2. The predicted octanol–water partition coefficient (Wildman–Crippen LogP) is -0.603. The van der Waals surface area contributed by atoms with Crippen molar-refractivity contribution in [1.29, 1.82) is 0 Å². The van der Waals surface area contributed by atoms with E-state index in [0.717, 1.165) is 11.5 Å². The molecule has 1 aromatic rings. The van der Waals surface area contributed by atoms with Crippen molar-refractivity contribution in [2.75, 3.05) is 30.8 Å². The molecule has 7 nitrogen and oxygen atoms in total. The molecule has 0 aliphatic heterocycles. The van der Waals surface area contributed by atoms with Crippen LogP contribution in [0.1, 0.15) is 17.3 Å². The molecular formula is C9H15N5O2S. The van der Waals surface area contributed by atoms with Crippen LogP contribution in [0.15, 0.2) is 0 Å². The Balaban J connectivity index is 2.85. The lowest BCUT2D eigenvalue weighted by Gasteiger charge is -2.16. The SMILES string of the molecule is CCNC(=O)CN(C)c1snc(N)c1C(N)=O. The first-order chi connectivity index (χ1) is 7.97. The molecule has 5 N–H and O–H groups in total. The summed E-state index contributed by atoms with van der Waals surface area (Å²) in [5, 5.41) is 3.16. The molecule has 0 aromatic carbocycles. The molecule has 0 spiro atoms. The van der Waals surface area contributed by atoms with Gasteiger partial charge in [0.15, 0.2) is 5.82 Å². The van der Waals surface area contributed by atoms with Gasteiger partial charge in [-0.25, -0.2) is 0 Å². The second-order valence-corrected chi connectivity index (χ2v) is 4.17. The number of nitrogen functional groups attached to an aromatic ring is 1. The van der Waals surface area contributed by atoms with E-state index in [1.54, 1.807) is 11.9 Å². The summed E-state index contributed by atoms with van der Waals surface area (Å²) in [4.78, 5) is 24.2. The van der Waals surface area contributed by atoms with E-state index in [-0.39, 0.29) is 23.8 Å². The monoisotopic (exact) mass is 257 g/mol. The van der Waals surface area contributed by atoms with Crippen LogP contribution in [-0.2, 0) is 4.79 Å². The van der Waals surface area contributed by atoms with Crippen LogP contribution < -0.4 is 21.7 Å². The number of nitrogens with zero attached hydrogens (tertiary/aromatic N) is 2. The van der Waals surface area contributed by atoms with Crippen LogP contribution >= 0.6 is 11.5 Å². The van der Waals surface area contributed by atoms with Crippen molar-refractivity contribution in [2.24, 2.45) is 5.73 Å². The number of nitrogens with one attached hydrogen (secondary N) is 1. The summed E-state index contributed by atoms with van der Waals surface area (Å²) in [6, 6.07) is 0. The van der Waals surface area contributed by atoms with Crippen molar-refractivity contribution in [2.45, 2.75) is 6.92 Å². The number of carbonyl (C=O) groups excluding carboxylic acids is 2. The Morgan fingerprint density at radius 2 is 2.18 bits per heavy atom. The minimum Gasteiger partial charge on any atom is -0.382 e. The van der Waals surface area contributed by atoms with Gasteiger partial charge in [0, 0.05) is 13.6 Å². The van der Waals surface area contributed by atoms with Crippen LogP contribution in [0.3, 0.4) is 0 Å². The van der Waals surface area contributed by atoms with Crippen molar-refractivity contribution in [3.63, 3.8) is 0 Å². The molecule has 0 aliphatic rings. The number of hydrogen-bond acceptors (Lipinski definition) is 6. The summed E-state index contributed by atoms with van der Waals surface area (Å²) in [5.41, 5.74) is 10.9. The van der Waals surface area contributed by atoms with Gasteiger partial charge in [0.1, 0.15) is 10.6 Å². The van der Waals surface area contributed by atoms with Crippen LogP contribution in [0.25, 0.3) is 0 Å². The van der Waals surface area contributed by atoms with Crippen LogP contribution in [0.5, 0.6) is 0 Å². The lowest BCUT2D eigenvalue weighted by molar-refractivity contribution is -0.119. The fourth-order valence-electron chi connectivity index (χ4n) is 1.33. The number of rotatable bonds is 5. The molecule has 0 atom stereocenters. The summed E-state index contributed by atoms with van der Waals surface area (Å²) >= 11 is 1.04. The van der Waals surface area contributed by atoms with E-state index in [2.05, 4.69) is 9.69 Å². The molecule has 0 aliphatic carbocycles. The first-order valence-electron chi connectivity index (χ1n) is 5.00. The average molecular weight is 257 g/mol. The molecule has 0 saturated heterocycles. The number of amides is 2. The van der Waals surface area contributed by atoms with Crippen molar-refractivity contribution < 1.29 is 9.59 Å². The molecule has 2 amide bonds. The minimum absolute atomic E-state index is 0.0975. The quantitative estimate of drug-likeness (QED) is 0.651. The summed E-state index contributed by atoms with van der Waals surface area (Å²) in [7, 11) is 1.68. The third-order valence-electron chi connectivity index (χ3n) is 2.05. The predicted molar refractivity (Wildman–Crippen MR) is 67.0 cm³/mol. The Bertz CT molecular complexity index is 431. The molecule has 8 heteroatoms. The largest absolute Gasteiger partial charge is 0.382 e. The Morgan fingerprint density at radius 3 is 2.71 bits per heavy atom. The standard InChI is InChI=1S/C9H15N5O2S/c1-3-12-5(15)4-14(2)9-6(8(11)16)7(10)13-17-9/h3-4H2,1-2H3,(H2,10,13)(H2,11,16)(H,12,15). The Hall–Kier alpha value is -1.83. The van der Waals surface area contributed by atoms with Gasteiger partial charge in [-0.2, -0.15) is 4.37 Å². The number of primary amides is 1. The van der Waals surface area contributed by atoms with Gasteiger partial charge in [0.2, 0.25) is 5.91 Å².